The zero-order valence-electron chi connectivity index (χ0n) is 17.6. The van der Waals surface area contributed by atoms with E-state index in [-0.39, 0.29) is 17.5 Å². The summed E-state index contributed by atoms with van der Waals surface area (Å²) in [7, 11) is 0. The molecule has 4 rings (SSSR count). The quantitative estimate of drug-likeness (QED) is 0.534. The molecule has 0 saturated heterocycles. The molecule has 156 valence electrons. The van der Waals surface area contributed by atoms with Crippen molar-refractivity contribution in [1.29, 1.82) is 5.26 Å². The van der Waals surface area contributed by atoms with E-state index in [9.17, 15) is 14.9 Å². The minimum absolute atomic E-state index is 0.0571. The number of aromatic nitrogens is 3. The Morgan fingerprint density at radius 1 is 1.23 bits per heavy atom. The van der Waals surface area contributed by atoms with Crippen LogP contribution >= 0.6 is 0 Å². The molecule has 1 aromatic heterocycles. The molecule has 2 saturated carbocycles. The third-order valence-corrected chi connectivity index (χ3v) is 6.67. The third kappa shape index (κ3) is 4.35. The average molecular weight is 406 g/mol. The Hall–Kier alpha value is -2.81. The molecule has 6 nitrogen and oxygen atoms in total. The van der Waals surface area contributed by atoms with Gasteiger partial charge in [-0.15, -0.1) is 4.68 Å². The maximum Gasteiger partial charge on any atom is 0.222 e. The first kappa shape index (κ1) is 20.5. The average Bonchev–Trinajstić information content (AvgIpc) is 3.41. The van der Waals surface area contributed by atoms with E-state index in [1.165, 1.54) is 19.3 Å². The summed E-state index contributed by atoms with van der Waals surface area (Å²) in [5.74, 6) is 0.718. The van der Waals surface area contributed by atoms with Crippen molar-refractivity contribution in [2.75, 3.05) is 0 Å². The number of carbonyl (C=O) groups excluding carboxylic acids is 2. The number of rotatable bonds is 8. The van der Waals surface area contributed by atoms with Crippen molar-refractivity contribution in [3.05, 3.63) is 47.3 Å². The van der Waals surface area contributed by atoms with Crippen molar-refractivity contribution in [1.82, 2.24) is 10.3 Å². The lowest BCUT2D eigenvalue weighted by molar-refractivity contribution is -0.780. The molecule has 0 unspecified atom stereocenters. The largest absolute Gasteiger partial charge is 0.300 e. The van der Waals surface area contributed by atoms with Gasteiger partial charge < -0.3 is 0 Å². The number of Topliss-reactive ketones (excluding diaryl/α,β-unsaturated/α-hetero) is 2. The normalized spacial score (nSPS) is 19.1. The zero-order chi connectivity index (χ0) is 21.1. The van der Waals surface area contributed by atoms with Gasteiger partial charge in [0.2, 0.25) is 11.2 Å². The van der Waals surface area contributed by atoms with Gasteiger partial charge in [0.15, 0.2) is 12.0 Å². The zero-order valence-corrected chi connectivity index (χ0v) is 17.6. The predicted octanol–water partition coefficient (Wildman–Crippen LogP) is 3.78. The van der Waals surface area contributed by atoms with E-state index in [0.717, 1.165) is 36.9 Å². The molecular formula is C24H29N4O2+. The molecule has 0 spiro atoms. The van der Waals surface area contributed by atoms with Gasteiger partial charge in [-0.2, -0.15) is 5.26 Å². The SMILES string of the molecule is CC(=O)Cc1ccc(C(=O)C[C@H](c2c[n+](C3(C#N)CC3)[nH]n2)C2CCCCC2)cc1. The molecule has 2 aliphatic carbocycles. The third-order valence-electron chi connectivity index (χ3n) is 6.67. The summed E-state index contributed by atoms with van der Waals surface area (Å²) in [6.45, 7) is 1.57. The summed E-state index contributed by atoms with van der Waals surface area (Å²) in [6.07, 6.45) is 10.3. The van der Waals surface area contributed by atoms with Gasteiger partial charge in [0.1, 0.15) is 11.9 Å². The lowest BCUT2D eigenvalue weighted by Gasteiger charge is -2.27. The number of H-pyrrole nitrogens is 1. The fourth-order valence-corrected chi connectivity index (χ4v) is 4.69. The van der Waals surface area contributed by atoms with E-state index in [2.05, 4.69) is 16.4 Å². The molecule has 1 heterocycles. The summed E-state index contributed by atoms with van der Waals surface area (Å²) in [5, 5.41) is 17.0. The van der Waals surface area contributed by atoms with Crippen molar-refractivity contribution < 1.29 is 14.3 Å². The fraction of sp³-hybridized carbons (Fsp3) is 0.542. The number of nitrogens with zero attached hydrogens (tertiary/aromatic N) is 3. The summed E-state index contributed by atoms with van der Waals surface area (Å²) in [5.41, 5.74) is 2.04. The second-order valence-corrected chi connectivity index (χ2v) is 8.99. The first-order chi connectivity index (χ1) is 14.5. The maximum atomic E-state index is 13.1. The highest BCUT2D eigenvalue weighted by Crippen LogP contribution is 2.40. The van der Waals surface area contributed by atoms with Gasteiger partial charge >= 0.3 is 0 Å². The molecule has 1 N–H and O–H groups in total. The van der Waals surface area contributed by atoms with Crippen molar-refractivity contribution >= 4 is 11.6 Å². The first-order valence-electron chi connectivity index (χ1n) is 11.0. The Bertz CT molecular complexity index is 960. The van der Waals surface area contributed by atoms with Gasteiger partial charge in [0.25, 0.3) is 0 Å². The van der Waals surface area contributed by atoms with Crippen LogP contribution in [0.3, 0.4) is 0 Å². The van der Waals surface area contributed by atoms with Crippen molar-refractivity contribution in [2.24, 2.45) is 5.92 Å². The molecule has 0 amide bonds. The van der Waals surface area contributed by atoms with Crippen LogP contribution in [0.5, 0.6) is 0 Å². The van der Waals surface area contributed by atoms with E-state index >= 15 is 0 Å². The van der Waals surface area contributed by atoms with Crippen molar-refractivity contribution in [2.45, 2.75) is 76.2 Å². The second-order valence-electron chi connectivity index (χ2n) is 8.99. The minimum atomic E-state index is -0.473. The van der Waals surface area contributed by atoms with Gasteiger partial charge in [-0.25, -0.2) is 0 Å². The van der Waals surface area contributed by atoms with E-state index in [1.807, 2.05) is 35.1 Å². The van der Waals surface area contributed by atoms with Crippen LogP contribution in [0.15, 0.2) is 30.5 Å². The molecule has 0 radical (unpaired) electrons. The lowest BCUT2D eigenvalue weighted by Crippen LogP contribution is -2.47. The Balaban J connectivity index is 1.54. The van der Waals surface area contributed by atoms with Crippen molar-refractivity contribution in [3.8, 4) is 6.07 Å². The van der Waals surface area contributed by atoms with Crippen LogP contribution in [-0.4, -0.2) is 21.9 Å². The molecule has 2 fully saturated rings. The minimum Gasteiger partial charge on any atom is -0.300 e. The lowest BCUT2D eigenvalue weighted by atomic mass is 9.76. The number of nitriles is 1. The summed E-state index contributed by atoms with van der Waals surface area (Å²) in [4.78, 5) is 24.4. The molecule has 1 aromatic carbocycles. The van der Waals surface area contributed by atoms with Gasteiger partial charge in [-0.05, 0) is 31.2 Å². The van der Waals surface area contributed by atoms with Gasteiger partial charge in [0, 0.05) is 42.3 Å². The van der Waals surface area contributed by atoms with Crippen LogP contribution in [0.25, 0.3) is 0 Å². The van der Waals surface area contributed by atoms with E-state index in [1.54, 1.807) is 6.92 Å². The summed E-state index contributed by atoms with van der Waals surface area (Å²) >= 11 is 0. The molecule has 0 bridgehead atoms. The number of aromatic amines is 1. The van der Waals surface area contributed by atoms with E-state index < -0.39 is 5.54 Å². The first-order valence-corrected chi connectivity index (χ1v) is 11.0. The molecule has 2 aliphatic rings. The Kier molecular flexibility index (Phi) is 5.80. The monoisotopic (exact) mass is 405 g/mol. The van der Waals surface area contributed by atoms with E-state index in [4.69, 9.17) is 0 Å². The number of ketones is 2. The van der Waals surface area contributed by atoms with Gasteiger partial charge in [0.05, 0.1) is 0 Å². The Labute approximate surface area is 177 Å². The number of nitrogens with one attached hydrogen (secondary N) is 1. The number of hydrogen-bond acceptors (Lipinski definition) is 4. The highest BCUT2D eigenvalue weighted by Gasteiger charge is 2.52. The molecule has 30 heavy (non-hydrogen) atoms. The highest BCUT2D eigenvalue weighted by atomic mass is 16.1. The Morgan fingerprint density at radius 3 is 2.53 bits per heavy atom. The molecule has 1 atom stereocenters. The number of benzene rings is 1. The molecule has 2 aromatic rings. The second kappa shape index (κ2) is 8.51. The topological polar surface area (TPSA) is 90.5 Å². The molecular weight excluding hydrogens is 376 g/mol. The fourth-order valence-electron chi connectivity index (χ4n) is 4.69. The highest BCUT2D eigenvalue weighted by molar-refractivity contribution is 5.96. The maximum absolute atomic E-state index is 13.1. The van der Waals surface area contributed by atoms with E-state index in [0.29, 0.717) is 24.3 Å². The van der Waals surface area contributed by atoms with Gasteiger partial charge in [-0.1, -0.05) is 48.7 Å². The van der Waals surface area contributed by atoms with Crippen LogP contribution < -0.4 is 4.68 Å². The van der Waals surface area contributed by atoms with Crippen LogP contribution in [0.2, 0.25) is 0 Å². The summed E-state index contributed by atoms with van der Waals surface area (Å²) in [6, 6.07) is 9.79. The van der Waals surface area contributed by atoms with Crippen LogP contribution in [0, 0.1) is 17.2 Å². The number of hydrogen-bond donors (Lipinski definition) is 1. The van der Waals surface area contributed by atoms with Crippen LogP contribution in [0.1, 0.15) is 85.8 Å². The number of carbonyl (C=O) groups is 2. The molecule has 6 heteroatoms. The van der Waals surface area contributed by atoms with Crippen LogP contribution in [0.4, 0.5) is 0 Å². The standard InChI is InChI=1S/C24H28N4O2/c1-17(29)13-18-7-9-20(10-8-18)23(30)14-21(19-5-3-2-4-6-19)22-15-28(27-26-22)24(16-25)11-12-24/h7-10,15,19,21H,2-6,11-14H2,1H3/p+1/t21-/m0/s1. The summed E-state index contributed by atoms with van der Waals surface area (Å²) < 4.78 is 1.83. The Morgan fingerprint density at radius 2 is 1.93 bits per heavy atom. The predicted molar refractivity (Wildman–Crippen MR) is 111 cm³/mol. The van der Waals surface area contributed by atoms with Gasteiger partial charge in [-0.3, -0.25) is 9.59 Å². The smallest absolute Gasteiger partial charge is 0.222 e. The molecule has 0 aliphatic heterocycles. The van der Waals surface area contributed by atoms with Crippen LogP contribution in [-0.2, 0) is 16.8 Å². The van der Waals surface area contributed by atoms with Crippen molar-refractivity contribution in [3.63, 3.8) is 0 Å².